The van der Waals surface area contributed by atoms with Gasteiger partial charge >= 0.3 is 5.97 Å². The molecule has 18 heavy (non-hydrogen) atoms. The SMILES string of the molecule is C=CCOC(=O)C1(C#CC(=C)C)CCCCC1=O. The molecule has 3 heteroatoms. The Morgan fingerprint density at radius 3 is 2.83 bits per heavy atom. The number of esters is 1. The highest BCUT2D eigenvalue weighted by atomic mass is 16.5. The molecule has 0 amide bonds. The van der Waals surface area contributed by atoms with Crippen molar-refractivity contribution in [1.82, 2.24) is 0 Å². The van der Waals surface area contributed by atoms with Crippen LogP contribution in [0.15, 0.2) is 24.8 Å². The average Bonchev–Trinajstić information content (AvgIpc) is 2.35. The van der Waals surface area contributed by atoms with Crippen molar-refractivity contribution >= 4 is 11.8 Å². The maximum absolute atomic E-state index is 12.1. The fraction of sp³-hybridized carbons (Fsp3) is 0.467. The Balaban J connectivity index is 3.04. The number of hydrogen-bond donors (Lipinski definition) is 0. The lowest BCUT2D eigenvalue weighted by molar-refractivity contribution is -0.157. The van der Waals surface area contributed by atoms with E-state index in [0.29, 0.717) is 18.4 Å². The highest BCUT2D eigenvalue weighted by Gasteiger charge is 2.46. The minimum Gasteiger partial charge on any atom is -0.460 e. The van der Waals surface area contributed by atoms with Gasteiger partial charge in [0.1, 0.15) is 6.61 Å². The van der Waals surface area contributed by atoms with Gasteiger partial charge < -0.3 is 4.74 Å². The van der Waals surface area contributed by atoms with Crippen LogP contribution in [-0.2, 0) is 14.3 Å². The molecule has 1 rings (SSSR count). The van der Waals surface area contributed by atoms with Crippen molar-refractivity contribution in [3.05, 3.63) is 24.8 Å². The Labute approximate surface area is 108 Å². The second-order valence-electron chi connectivity index (χ2n) is 4.45. The maximum Gasteiger partial charge on any atom is 0.332 e. The van der Waals surface area contributed by atoms with Crippen LogP contribution in [-0.4, -0.2) is 18.4 Å². The molecule has 0 saturated heterocycles. The van der Waals surface area contributed by atoms with E-state index in [1.54, 1.807) is 6.92 Å². The van der Waals surface area contributed by atoms with Gasteiger partial charge in [0, 0.05) is 6.42 Å². The van der Waals surface area contributed by atoms with Crippen LogP contribution in [0.1, 0.15) is 32.6 Å². The van der Waals surface area contributed by atoms with Crippen LogP contribution in [0.25, 0.3) is 0 Å². The Hall–Kier alpha value is -1.82. The van der Waals surface area contributed by atoms with Gasteiger partial charge in [-0.15, -0.1) is 0 Å². The van der Waals surface area contributed by atoms with E-state index in [9.17, 15) is 9.59 Å². The number of carbonyl (C=O) groups excluding carboxylic acids is 2. The summed E-state index contributed by atoms with van der Waals surface area (Å²) in [6, 6.07) is 0. The second-order valence-corrected chi connectivity index (χ2v) is 4.45. The van der Waals surface area contributed by atoms with Gasteiger partial charge in [0.05, 0.1) is 0 Å². The number of allylic oxidation sites excluding steroid dienone is 1. The van der Waals surface area contributed by atoms with E-state index in [2.05, 4.69) is 25.0 Å². The summed E-state index contributed by atoms with van der Waals surface area (Å²) in [5, 5.41) is 0. The molecular weight excluding hydrogens is 228 g/mol. The summed E-state index contributed by atoms with van der Waals surface area (Å²) in [7, 11) is 0. The molecule has 96 valence electrons. The fourth-order valence-corrected chi connectivity index (χ4v) is 1.90. The van der Waals surface area contributed by atoms with E-state index in [1.807, 2.05) is 0 Å². The number of ether oxygens (including phenoxy) is 1. The second kappa shape index (κ2) is 6.20. The summed E-state index contributed by atoms with van der Waals surface area (Å²) >= 11 is 0. The van der Waals surface area contributed by atoms with E-state index in [-0.39, 0.29) is 12.4 Å². The molecule has 0 radical (unpaired) electrons. The predicted octanol–water partition coefficient (Wildman–Crippen LogP) is 2.42. The zero-order valence-electron chi connectivity index (χ0n) is 10.8. The summed E-state index contributed by atoms with van der Waals surface area (Å²) in [5.74, 6) is 4.84. The molecular formula is C15H18O3. The van der Waals surface area contributed by atoms with Gasteiger partial charge in [-0.1, -0.05) is 37.5 Å². The summed E-state index contributed by atoms with van der Waals surface area (Å²) < 4.78 is 5.03. The van der Waals surface area contributed by atoms with Crippen molar-refractivity contribution in [1.29, 1.82) is 0 Å². The van der Waals surface area contributed by atoms with E-state index in [0.717, 1.165) is 12.8 Å². The average molecular weight is 246 g/mol. The number of ketones is 1. The summed E-state index contributed by atoms with van der Waals surface area (Å²) in [4.78, 5) is 24.2. The van der Waals surface area contributed by atoms with Gasteiger partial charge in [-0.2, -0.15) is 0 Å². The normalized spacial score (nSPS) is 22.6. The number of hydrogen-bond acceptors (Lipinski definition) is 3. The Morgan fingerprint density at radius 1 is 1.56 bits per heavy atom. The highest BCUT2D eigenvalue weighted by Crippen LogP contribution is 2.34. The zero-order chi connectivity index (χ0) is 13.6. The molecule has 1 aliphatic rings. The van der Waals surface area contributed by atoms with Crippen LogP contribution in [0.2, 0.25) is 0 Å². The predicted molar refractivity (Wildman–Crippen MR) is 69.7 cm³/mol. The van der Waals surface area contributed by atoms with Crippen LogP contribution in [0.5, 0.6) is 0 Å². The molecule has 0 heterocycles. The molecule has 0 aromatic rings. The Kier molecular flexibility index (Phi) is 4.91. The number of carbonyl (C=O) groups is 2. The molecule has 0 aromatic carbocycles. The van der Waals surface area contributed by atoms with E-state index < -0.39 is 11.4 Å². The smallest absolute Gasteiger partial charge is 0.332 e. The Morgan fingerprint density at radius 2 is 2.28 bits per heavy atom. The third-order valence-electron chi connectivity index (χ3n) is 2.85. The van der Waals surface area contributed by atoms with Gasteiger partial charge in [-0.3, -0.25) is 4.79 Å². The van der Waals surface area contributed by atoms with Crippen LogP contribution >= 0.6 is 0 Å². The van der Waals surface area contributed by atoms with Gasteiger partial charge in [0.2, 0.25) is 0 Å². The van der Waals surface area contributed by atoms with Crippen LogP contribution in [0.4, 0.5) is 0 Å². The largest absolute Gasteiger partial charge is 0.460 e. The van der Waals surface area contributed by atoms with Gasteiger partial charge in [-0.25, -0.2) is 4.79 Å². The van der Waals surface area contributed by atoms with Crippen LogP contribution in [0.3, 0.4) is 0 Å². The maximum atomic E-state index is 12.1. The minimum atomic E-state index is -1.29. The third-order valence-corrected chi connectivity index (χ3v) is 2.85. The van der Waals surface area contributed by atoms with Gasteiger partial charge in [-0.05, 0) is 25.3 Å². The Bertz CT molecular complexity index is 436. The van der Waals surface area contributed by atoms with Crippen molar-refractivity contribution in [3.63, 3.8) is 0 Å². The monoisotopic (exact) mass is 246 g/mol. The molecule has 1 aliphatic carbocycles. The topological polar surface area (TPSA) is 43.4 Å². The van der Waals surface area contributed by atoms with Crippen molar-refractivity contribution in [3.8, 4) is 11.8 Å². The molecule has 3 nitrogen and oxygen atoms in total. The number of Topliss-reactive ketones (excluding diaryl/α,β-unsaturated/α-hetero) is 1. The lowest BCUT2D eigenvalue weighted by atomic mass is 9.73. The summed E-state index contributed by atoms with van der Waals surface area (Å²) in [5.41, 5.74) is -0.663. The lowest BCUT2D eigenvalue weighted by Gasteiger charge is -2.28. The molecule has 1 unspecified atom stereocenters. The third kappa shape index (κ3) is 3.10. The molecule has 1 fully saturated rings. The van der Waals surface area contributed by atoms with Crippen LogP contribution in [0, 0.1) is 17.3 Å². The molecule has 0 spiro atoms. The standard InChI is InChI=1S/C15H18O3/c1-4-11-18-14(17)15(10-8-12(2)3)9-6-5-7-13(15)16/h4H,1-2,5-7,9,11H2,3H3. The molecule has 1 atom stereocenters. The van der Waals surface area contributed by atoms with Crippen molar-refractivity contribution < 1.29 is 14.3 Å². The molecule has 1 saturated carbocycles. The van der Waals surface area contributed by atoms with Crippen molar-refractivity contribution in [2.45, 2.75) is 32.6 Å². The number of rotatable bonds is 3. The first-order chi connectivity index (χ1) is 8.53. The van der Waals surface area contributed by atoms with Gasteiger partial charge in [0.15, 0.2) is 11.2 Å². The first-order valence-corrected chi connectivity index (χ1v) is 6.03. The van der Waals surface area contributed by atoms with Crippen molar-refractivity contribution in [2.75, 3.05) is 6.61 Å². The molecule has 0 N–H and O–H groups in total. The van der Waals surface area contributed by atoms with E-state index in [1.165, 1.54) is 6.08 Å². The van der Waals surface area contributed by atoms with E-state index in [4.69, 9.17) is 4.74 Å². The summed E-state index contributed by atoms with van der Waals surface area (Å²) in [6.07, 6.45) is 3.91. The first kappa shape index (κ1) is 14.2. The quantitative estimate of drug-likeness (QED) is 0.332. The molecule has 0 bridgehead atoms. The zero-order valence-corrected chi connectivity index (χ0v) is 10.8. The van der Waals surface area contributed by atoms with Crippen molar-refractivity contribution in [2.24, 2.45) is 5.41 Å². The van der Waals surface area contributed by atoms with E-state index >= 15 is 0 Å². The molecule has 0 aromatic heterocycles. The van der Waals surface area contributed by atoms with Crippen LogP contribution < -0.4 is 0 Å². The minimum absolute atomic E-state index is 0.0998. The lowest BCUT2D eigenvalue weighted by Crippen LogP contribution is -2.41. The summed E-state index contributed by atoms with van der Waals surface area (Å²) in [6.45, 7) is 8.98. The van der Waals surface area contributed by atoms with Gasteiger partial charge in [0.25, 0.3) is 0 Å². The highest BCUT2D eigenvalue weighted by molar-refractivity contribution is 6.07. The fourth-order valence-electron chi connectivity index (χ4n) is 1.90. The molecule has 0 aliphatic heterocycles. The first-order valence-electron chi connectivity index (χ1n) is 6.03.